The van der Waals surface area contributed by atoms with Gasteiger partial charge in [-0.25, -0.2) is 0 Å². The van der Waals surface area contributed by atoms with Gasteiger partial charge in [-0.1, -0.05) is 12.1 Å². The van der Waals surface area contributed by atoms with Crippen molar-refractivity contribution in [1.82, 2.24) is 10.2 Å². The number of hydrogen-bond donors (Lipinski definition) is 2. The molecule has 0 radical (unpaired) electrons. The Morgan fingerprint density at radius 3 is 2.62 bits per heavy atom. The summed E-state index contributed by atoms with van der Waals surface area (Å²) in [5.74, 6) is 0.812. The van der Waals surface area contributed by atoms with Crippen LogP contribution in [0.3, 0.4) is 0 Å². The van der Waals surface area contributed by atoms with Crippen molar-refractivity contribution < 1.29 is 9.53 Å². The molecule has 1 aliphatic heterocycles. The monoisotopic (exact) mass is 291 g/mol. The zero-order chi connectivity index (χ0) is 15.1. The van der Waals surface area contributed by atoms with Crippen molar-refractivity contribution in [3.8, 4) is 5.75 Å². The summed E-state index contributed by atoms with van der Waals surface area (Å²) in [6.07, 6.45) is 2.21. The SMILES string of the molecule is CC(NCCN)c1ccc(OCC(=O)N2CCCC2)cc1. The Morgan fingerprint density at radius 1 is 1.33 bits per heavy atom. The number of nitrogens with two attached hydrogens (primary N) is 1. The molecule has 21 heavy (non-hydrogen) atoms. The quantitative estimate of drug-likeness (QED) is 0.794. The molecule has 1 fully saturated rings. The van der Waals surface area contributed by atoms with Crippen LogP contribution in [0.25, 0.3) is 0 Å². The fourth-order valence-electron chi connectivity index (χ4n) is 2.47. The number of carbonyl (C=O) groups is 1. The molecular formula is C16H25N3O2. The number of benzene rings is 1. The van der Waals surface area contributed by atoms with Gasteiger partial charge in [0.1, 0.15) is 5.75 Å². The molecule has 5 heteroatoms. The van der Waals surface area contributed by atoms with E-state index in [1.165, 1.54) is 5.56 Å². The van der Waals surface area contributed by atoms with Crippen LogP contribution < -0.4 is 15.8 Å². The highest BCUT2D eigenvalue weighted by Gasteiger charge is 2.18. The van der Waals surface area contributed by atoms with Gasteiger partial charge in [0.2, 0.25) is 0 Å². The molecule has 1 aromatic rings. The smallest absolute Gasteiger partial charge is 0.260 e. The maximum absolute atomic E-state index is 11.9. The third-order valence-corrected chi connectivity index (χ3v) is 3.80. The Labute approximate surface area is 126 Å². The topological polar surface area (TPSA) is 67.6 Å². The third kappa shape index (κ3) is 4.72. The molecule has 1 aromatic carbocycles. The number of hydrogen-bond acceptors (Lipinski definition) is 4. The average Bonchev–Trinajstić information content (AvgIpc) is 3.05. The van der Waals surface area contributed by atoms with E-state index in [0.29, 0.717) is 6.54 Å². The molecule has 1 heterocycles. The zero-order valence-corrected chi connectivity index (χ0v) is 12.7. The van der Waals surface area contributed by atoms with Crippen molar-refractivity contribution >= 4 is 5.91 Å². The predicted molar refractivity (Wildman–Crippen MR) is 83.2 cm³/mol. The predicted octanol–water partition coefficient (Wildman–Crippen LogP) is 1.30. The average molecular weight is 291 g/mol. The van der Waals surface area contributed by atoms with Crippen molar-refractivity contribution in [3.63, 3.8) is 0 Å². The summed E-state index contributed by atoms with van der Waals surface area (Å²) in [6, 6.07) is 8.11. The first-order valence-corrected chi connectivity index (χ1v) is 7.64. The van der Waals surface area contributed by atoms with Crippen molar-refractivity contribution in [2.24, 2.45) is 5.73 Å². The van der Waals surface area contributed by atoms with Gasteiger partial charge in [0, 0.05) is 32.2 Å². The number of likely N-dealkylation sites (tertiary alicyclic amines) is 1. The second-order valence-electron chi connectivity index (χ2n) is 5.41. The molecule has 0 spiro atoms. The molecule has 0 aromatic heterocycles. The largest absolute Gasteiger partial charge is 0.484 e. The standard InChI is InChI=1S/C16H25N3O2/c1-13(18-9-8-17)14-4-6-15(7-5-14)21-12-16(20)19-10-2-3-11-19/h4-7,13,18H,2-3,8-12,17H2,1H3. The summed E-state index contributed by atoms with van der Waals surface area (Å²) in [7, 11) is 0. The minimum absolute atomic E-state index is 0.0783. The van der Waals surface area contributed by atoms with Crippen molar-refractivity contribution in [1.29, 1.82) is 0 Å². The Kier molecular flexibility index (Phi) is 6.02. The van der Waals surface area contributed by atoms with Crippen LogP contribution in [0.15, 0.2) is 24.3 Å². The first-order valence-electron chi connectivity index (χ1n) is 7.64. The number of amides is 1. The van der Waals surface area contributed by atoms with Crippen LogP contribution >= 0.6 is 0 Å². The first-order chi connectivity index (χ1) is 10.2. The number of nitrogens with one attached hydrogen (secondary N) is 1. The van der Waals surface area contributed by atoms with Crippen molar-refractivity contribution in [3.05, 3.63) is 29.8 Å². The van der Waals surface area contributed by atoms with Gasteiger partial charge in [0.15, 0.2) is 6.61 Å². The Bertz CT molecular complexity index is 441. The van der Waals surface area contributed by atoms with E-state index in [2.05, 4.69) is 12.2 Å². The Balaban J connectivity index is 1.80. The van der Waals surface area contributed by atoms with Crippen LogP contribution in [0.1, 0.15) is 31.4 Å². The van der Waals surface area contributed by atoms with Gasteiger partial charge in [0.05, 0.1) is 0 Å². The lowest BCUT2D eigenvalue weighted by atomic mass is 10.1. The van der Waals surface area contributed by atoms with Crippen LogP contribution in [-0.4, -0.2) is 43.6 Å². The molecule has 5 nitrogen and oxygen atoms in total. The summed E-state index contributed by atoms with van der Waals surface area (Å²) >= 11 is 0. The minimum atomic E-state index is 0.0783. The Morgan fingerprint density at radius 2 is 2.00 bits per heavy atom. The van der Waals surface area contributed by atoms with Crippen LogP contribution in [0.4, 0.5) is 0 Å². The molecule has 3 N–H and O–H groups in total. The first kappa shape index (κ1) is 15.8. The molecular weight excluding hydrogens is 266 g/mol. The molecule has 1 unspecified atom stereocenters. The highest BCUT2D eigenvalue weighted by molar-refractivity contribution is 5.78. The summed E-state index contributed by atoms with van der Waals surface area (Å²) in [4.78, 5) is 13.8. The molecule has 116 valence electrons. The summed E-state index contributed by atoms with van der Waals surface area (Å²) in [6.45, 7) is 5.38. The summed E-state index contributed by atoms with van der Waals surface area (Å²) in [5.41, 5.74) is 6.66. The van der Waals surface area contributed by atoms with Crippen LogP contribution in [0.2, 0.25) is 0 Å². The van der Waals surface area contributed by atoms with E-state index in [1.807, 2.05) is 29.2 Å². The van der Waals surface area contributed by atoms with Gasteiger partial charge < -0.3 is 20.7 Å². The lowest BCUT2D eigenvalue weighted by Gasteiger charge is -2.16. The van der Waals surface area contributed by atoms with E-state index >= 15 is 0 Å². The van der Waals surface area contributed by atoms with E-state index in [4.69, 9.17) is 10.5 Å². The normalized spacial score (nSPS) is 16.0. The highest BCUT2D eigenvalue weighted by Crippen LogP contribution is 2.17. The van der Waals surface area contributed by atoms with E-state index in [1.54, 1.807) is 0 Å². The fourth-order valence-corrected chi connectivity index (χ4v) is 2.47. The molecule has 0 aliphatic carbocycles. The molecule has 2 rings (SSSR count). The molecule has 1 atom stereocenters. The van der Waals surface area contributed by atoms with Gasteiger partial charge >= 0.3 is 0 Å². The molecule has 1 aliphatic rings. The van der Waals surface area contributed by atoms with Gasteiger partial charge in [-0.05, 0) is 37.5 Å². The van der Waals surface area contributed by atoms with E-state index < -0.39 is 0 Å². The molecule has 1 amide bonds. The third-order valence-electron chi connectivity index (χ3n) is 3.80. The van der Waals surface area contributed by atoms with Gasteiger partial charge in [-0.2, -0.15) is 0 Å². The van der Waals surface area contributed by atoms with Crippen LogP contribution in [0, 0.1) is 0 Å². The summed E-state index contributed by atoms with van der Waals surface area (Å²) < 4.78 is 5.56. The van der Waals surface area contributed by atoms with E-state index in [-0.39, 0.29) is 18.6 Å². The van der Waals surface area contributed by atoms with E-state index in [0.717, 1.165) is 38.2 Å². The van der Waals surface area contributed by atoms with Crippen LogP contribution in [-0.2, 0) is 4.79 Å². The van der Waals surface area contributed by atoms with Crippen LogP contribution in [0.5, 0.6) is 5.75 Å². The highest BCUT2D eigenvalue weighted by atomic mass is 16.5. The minimum Gasteiger partial charge on any atom is -0.484 e. The molecule has 0 saturated carbocycles. The van der Waals surface area contributed by atoms with Crippen molar-refractivity contribution in [2.75, 3.05) is 32.8 Å². The second-order valence-corrected chi connectivity index (χ2v) is 5.41. The summed E-state index contributed by atoms with van der Waals surface area (Å²) in [5, 5.41) is 3.33. The van der Waals surface area contributed by atoms with Gasteiger partial charge in [-0.15, -0.1) is 0 Å². The van der Waals surface area contributed by atoms with Gasteiger partial charge in [-0.3, -0.25) is 4.79 Å². The molecule has 0 bridgehead atoms. The Hall–Kier alpha value is -1.59. The zero-order valence-electron chi connectivity index (χ0n) is 12.7. The molecule has 1 saturated heterocycles. The van der Waals surface area contributed by atoms with E-state index in [9.17, 15) is 4.79 Å². The van der Waals surface area contributed by atoms with Crippen molar-refractivity contribution in [2.45, 2.75) is 25.8 Å². The number of nitrogens with zero attached hydrogens (tertiary/aromatic N) is 1. The second kappa shape index (κ2) is 8.00. The lowest BCUT2D eigenvalue weighted by molar-refractivity contribution is -0.132. The fraction of sp³-hybridized carbons (Fsp3) is 0.562. The number of rotatable bonds is 7. The lowest BCUT2D eigenvalue weighted by Crippen LogP contribution is -2.32. The maximum Gasteiger partial charge on any atom is 0.260 e. The number of carbonyl (C=O) groups excluding carboxylic acids is 1. The maximum atomic E-state index is 11.9. The number of ether oxygens (including phenoxy) is 1. The van der Waals surface area contributed by atoms with Gasteiger partial charge in [0.25, 0.3) is 5.91 Å².